The highest BCUT2D eigenvalue weighted by atomic mass is 16.9. The van der Waals surface area contributed by atoms with Crippen LogP contribution >= 0.6 is 0 Å². The zero-order chi connectivity index (χ0) is 11.7. The predicted molar refractivity (Wildman–Crippen MR) is 55.1 cm³/mol. The summed E-state index contributed by atoms with van der Waals surface area (Å²) in [5, 5.41) is 9.76. The van der Waals surface area contributed by atoms with Crippen LogP contribution in [0.4, 0.5) is 5.95 Å². The average Bonchev–Trinajstić information content (AvgIpc) is 2.59. The van der Waals surface area contributed by atoms with Crippen molar-refractivity contribution in [3.8, 4) is 0 Å². The van der Waals surface area contributed by atoms with Gasteiger partial charge in [0.25, 0.3) is 11.5 Å². The van der Waals surface area contributed by atoms with Crippen LogP contribution in [0.25, 0.3) is 11.2 Å². The van der Waals surface area contributed by atoms with E-state index in [4.69, 9.17) is 4.84 Å². The topological polar surface area (TPSA) is 107 Å². The monoisotopic (exact) mass is 225 g/mol. The summed E-state index contributed by atoms with van der Waals surface area (Å²) < 4.78 is 0. The number of nitrogens with zero attached hydrogens (tertiary/aromatic N) is 3. The van der Waals surface area contributed by atoms with E-state index in [0.29, 0.717) is 11.1 Å². The van der Waals surface area contributed by atoms with Crippen molar-refractivity contribution in [1.82, 2.24) is 19.9 Å². The molecule has 8 nitrogen and oxygen atoms in total. The van der Waals surface area contributed by atoms with E-state index in [1.807, 2.05) is 0 Å². The van der Waals surface area contributed by atoms with Crippen LogP contribution in [0.15, 0.2) is 4.79 Å². The Balaban J connectivity index is 2.53. The SMILES string of the molecule is CCON(O)c1nc2nc(C)[nH]c2c(=O)[nH]1. The molecule has 2 rings (SSSR count). The molecule has 0 aliphatic heterocycles. The molecule has 16 heavy (non-hydrogen) atoms. The van der Waals surface area contributed by atoms with E-state index in [-0.39, 0.29) is 23.7 Å². The molecule has 0 aliphatic carbocycles. The molecule has 0 saturated carbocycles. The van der Waals surface area contributed by atoms with Gasteiger partial charge in [-0.05, 0) is 13.8 Å². The molecule has 0 amide bonds. The van der Waals surface area contributed by atoms with Crippen molar-refractivity contribution in [3.05, 3.63) is 16.2 Å². The summed E-state index contributed by atoms with van der Waals surface area (Å²) in [4.78, 5) is 29.4. The van der Waals surface area contributed by atoms with Gasteiger partial charge in [-0.1, -0.05) is 5.23 Å². The Labute approximate surface area is 89.8 Å². The second kappa shape index (κ2) is 3.91. The molecule has 0 bridgehead atoms. The number of imidazole rings is 1. The molecule has 0 spiro atoms. The summed E-state index contributed by atoms with van der Waals surface area (Å²) >= 11 is 0. The van der Waals surface area contributed by atoms with E-state index in [2.05, 4.69) is 19.9 Å². The van der Waals surface area contributed by atoms with Gasteiger partial charge in [0.15, 0.2) is 11.2 Å². The lowest BCUT2D eigenvalue weighted by Crippen LogP contribution is -2.24. The lowest BCUT2D eigenvalue weighted by molar-refractivity contribution is -0.0391. The van der Waals surface area contributed by atoms with E-state index >= 15 is 0 Å². The van der Waals surface area contributed by atoms with Crippen molar-refractivity contribution in [2.75, 3.05) is 11.8 Å². The molecule has 3 N–H and O–H groups in total. The largest absolute Gasteiger partial charge is 0.336 e. The smallest absolute Gasteiger partial charge is 0.278 e. The first-order valence-electron chi connectivity index (χ1n) is 4.70. The van der Waals surface area contributed by atoms with E-state index in [9.17, 15) is 10.0 Å². The molecule has 2 aromatic rings. The Morgan fingerprint density at radius 3 is 2.88 bits per heavy atom. The second-order valence-electron chi connectivity index (χ2n) is 3.10. The fourth-order valence-corrected chi connectivity index (χ4v) is 1.29. The number of aromatic amines is 2. The number of rotatable bonds is 3. The molecule has 86 valence electrons. The number of hydrogen-bond acceptors (Lipinski definition) is 6. The Morgan fingerprint density at radius 1 is 1.44 bits per heavy atom. The molecule has 8 heteroatoms. The lowest BCUT2D eigenvalue weighted by Gasteiger charge is -2.12. The number of anilines is 1. The van der Waals surface area contributed by atoms with Crippen molar-refractivity contribution >= 4 is 17.1 Å². The Kier molecular flexibility index (Phi) is 2.59. The van der Waals surface area contributed by atoms with Gasteiger partial charge in [0, 0.05) is 0 Å². The van der Waals surface area contributed by atoms with Gasteiger partial charge in [-0.25, -0.2) is 9.82 Å². The third-order valence-corrected chi connectivity index (χ3v) is 1.90. The van der Waals surface area contributed by atoms with E-state index < -0.39 is 5.56 Å². The van der Waals surface area contributed by atoms with E-state index in [1.165, 1.54) is 0 Å². The zero-order valence-electron chi connectivity index (χ0n) is 8.81. The lowest BCUT2D eigenvalue weighted by atomic mass is 10.5. The first kappa shape index (κ1) is 10.6. The quantitative estimate of drug-likeness (QED) is 0.639. The summed E-state index contributed by atoms with van der Waals surface area (Å²) in [5.41, 5.74) is 0.0838. The third kappa shape index (κ3) is 1.75. The van der Waals surface area contributed by atoms with Crippen LogP contribution in [0.5, 0.6) is 0 Å². The van der Waals surface area contributed by atoms with Crippen molar-refractivity contribution in [2.24, 2.45) is 0 Å². The first-order chi connectivity index (χ1) is 7.61. The van der Waals surface area contributed by atoms with Crippen LogP contribution in [0, 0.1) is 6.92 Å². The minimum absolute atomic E-state index is 0.106. The molecule has 0 aromatic carbocycles. The van der Waals surface area contributed by atoms with Crippen LogP contribution in [0.2, 0.25) is 0 Å². The number of H-pyrrole nitrogens is 2. The highest BCUT2D eigenvalue weighted by Crippen LogP contribution is 2.08. The molecule has 0 radical (unpaired) electrons. The van der Waals surface area contributed by atoms with Crippen LogP contribution in [-0.2, 0) is 4.84 Å². The minimum atomic E-state index is -0.417. The standard InChI is InChI=1S/C8H11N5O3/c1-3-16-13(15)8-11-6-5(7(14)12-8)9-4(2)10-6/h15H,3H2,1-2H3,(H2,9,10,11,12,14). The summed E-state index contributed by atoms with van der Waals surface area (Å²) in [6.45, 7) is 3.65. The summed E-state index contributed by atoms with van der Waals surface area (Å²) in [7, 11) is 0. The molecule has 0 saturated heterocycles. The molecule has 0 atom stereocenters. The van der Waals surface area contributed by atoms with Gasteiger partial charge in [-0.2, -0.15) is 4.98 Å². The molecular formula is C8H11N5O3. The average molecular weight is 225 g/mol. The number of fused-ring (bicyclic) bond motifs is 1. The van der Waals surface area contributed by atoms with Gasteiger partial charge in [-0.15, -0.1) is 0 Å². The third-order valence-electron chi connectivity index (χ3n) is 1.90. The molecule has 0 unspecified atom stereocenters. The molecule has 2 aromatic heterocycles. The zero-order valence-corrected chi connectivity index (χ0v) is 8.81. The molecular weight excluding hydrogens is 214 g/mol. The fraction of sp³-hybridized carbons (Fsp3) is 0.375. The van der Waals surface area contributed by atoms with E-state index in [1.54, 1.807) is 13.8 Å². The van der Waals surface area contributed by atoms with Gasteiger partial charge in [-0.3, -0.25) is 15.0 Å². The van der Waals surface area contributed by atoms with Crippen LogP contribution in [0.3, 0.4) is 0 Å². The van der Waals surface area contributed by atoms with Crippen LogP contribution in [-0.4, -0.2) is 31.8 Å². The Hall–Kier alpha value is -1.93. The Morgan fingerprint density at radius 2 is 2.19 bits per heavy atom. The summed E-state index contributed by atoms with van der Waals surface area (Å²) in [5.74, 6) is 0.469. The molecule has 0 fully saturated rings. The van der Waals surface area contributed by atoms with Crippen LogP contribution in [0.1, 0.15) is 12.7 Å². The Bertz CT molecular complexity index is 560. The molecule has 0 aliphatic rings. The van der Waals surface area contributed by atoms with Gasteiger partial charge in [0.2, 0.25) is 0 Å². The predicted octanol–water partition coefficient (Wildman–Crippen LogP) is 0.102. The minimum Gasteiger partial charge on any atom is -0.336 e. The van der Waals surface area contributed by atoms with Gasteiger partial charge in [0.1, 0.15) is 5.82 Å². The maximum atomic E-state index is 11.6. The van der Waals surface area contributed by atoms with E-state index in [0.717, 1.165) is 0 Å². The maximum Gasteiger partial charge on any atom is 0.278 e. The number of aryl methyl sites for hydroxylation is 1. The normalized spacial score (nSPS) is 10.9. The van der Waals surface area contributed by atoms with Gasteiger partial charge < -0.3 is 4.98 Å². The number of nitrogens with one attached hydrogen (secondary N) is 2. The van der Waals surface area contributed by atoms with Crippen molar-refractivity contribution in [3.63, 3.8) is 0 Å². The molecule has 2 heterocycles. The summed E-state index contributed by atoms with van der Waals surface area (Å²) in [6.07, 6.45) is 0. The second-order valence-corrected chi connectivity index (χ2v) is 3.10. The van der Waals surface area contributed by atoms with Gasteiger partial charge >= 0.3 is 0 Å². The highest BCUT2D eigenvalue weighted by molar-refractivity contribution is 5.70. The summed E-state index contributed by atoms with van der Waals surface area (Å²) in [6, 6.07) is 0. The van der Waals surface area contributed by atoms with Crippen LogP contribution < -0.4 is 10.8 Å². The highest BCUT2D eigenvalue weighted by Gasteiger charge is 2.11. The first-order valence-corrected chi connectivity index (χ1v) is 4.70. The fourth-order valence-electron chi connectivity index (χ4n) is 1.29. The maximum absolute atomic E-state index is 11.6. The number of hydrogen-bond donors (Lipinski definition) is 3. The van der Waals surface area contributed by atoms with Crippen molar-refractivity contribution in [2.45, 2.75) is 13.8 Å². The van der Waals surface area contributed by atoms with Crippen molar-refractivity contribution < 1.29 is 10.0 Å². The number of aromatic nitrogens is 4. The van der Waals surface area contributed by atoms with Gasteiger partial charge in [0.05, 0.1) is 6.61 Å². The van der Waals surface area contributed by atoms with Crippen molar-refractivity contribution in [1.29, 1.82) is 0 Å².